The summed E-state index contributed by atoms with van der Waals surface area (Å²) >= 11 is 1.40. The van der Waals surface area contributed by atoms with E-state index in [2.05, 4.69) is 20.5 Å². The van der Waals surface area contributed by atoms with Crippen LogP contribution in [-0.2, 0) is 23.9 Å². The summed E-state index contributed by atoms with van der Waals surface area (Å²) in [6.45, 7) is 2.54. The number of piperazine rings is 1. The number of carbonyl (C=O) groups excluding carboxylic acids is 6. The molecule has 318 valence electrons. The summed E-state index contributed by atoms with van der Waals surface area (Å²) in [6.07, 6.45) is 5.36. The number of imide groups is 2. The van der Waals surface area contributed by atoms with Gasteiger partial charge in [0, 0.05) is 69.6 Å². The summed E-state index contributed by atoms with van der Waals surface area (Å²) in [5.74, 6) is -6.64. The van der Waals surface area contributed by atoms with E-state index < -0.39 is 59.6 Å². The quantitative estimate of drug-likeness (QED) is 0.179. The zero-order valence-corrected chi connectivity index (χ0v) is 33.5. The lowest BCUT2D eigenvalue weighted by molar-refractivity contribution is -0.136. The van der Waals surface area contributed by atoms with Crippen molar-refractivity contribution in [1.29, 1.82) is 0 Å². The first-order valence-electron chi connectivity index (χ1n) is 20.3. The predicted molar refractivity (Wildman–Crippen MR) is 211 cm³/mol. The highest BCUT2D eigenvalue weighted by Crippen LogP contribution is 2.38. The molecular weight excluding hydrogens is 808 g/mol. The maximum atomic E-state index is 15.3. The molecule has 1 aromatic heterocycles. The van der Waals surface area contributed by atoms with Crippen LogP contribution in [0.2, 0.25) is 0 Å². The van der Waals surface area contributed by atoms with Gasteiger partial charge in [0.1, 0.15) is 11.9 Å². The molecule has 5 aliphatic rings. The van der Waals surface area contributed by atoms with Gasteiger partial charge in [-0.2, -0.15) is 4.39 Å². The van der Waals surface area contributed by atoms with Crippen LogP contribution in [0.15, 0.2) is 29.6 Å². The Bertz CT molecular complexity index is 2200. The van der Waals surface area contributed by atoms with Crippen LogP contribution in [-0.4, -0.2) is 121 Å². The topological polar surface area (TPSA) is 171 Å². The summed E-state index contributed by atoms with van der Waals surface area (Å²) in [5.41, 5.74) is 0.645. The second-order valence-corrected chi connectivity index (χ2v) is 16.4. The number of carbonyl (C=O) groups is 6. The first-order valence-corrected chi connectivity index (χ1v) is 21.1. The number of unbranched alkanes of at least 4 members (excludes halogenated alkanes) is 3. The average Bonchev–Trinajstić information content (AvgIpc) is 3.93. The molecule has 3 aromatic rings. The van der Waals surface area contributed by atoms with Gasteiger partial charge in [-0.1, -0.05) is 12.8 Å². The summed E-state index contributed by atoms with van der Waals surface area (Å²) in [7, 11) is 0. The number of anilines is 2. The van der Waals surface area contributed by atoms with Gasteiger partial charge in [-0.3, -0.25) is 39.0 Å². The van der Waals surface area contributed by atoms with Crippen LogP contribution in [0.5, 0.6) is 5.75 Å². The summed E-state index contributed by atoms with van der Waals surface area (Å²) in [5, 5.41) is 7.39. The Balaban J connectivity index is 0.735. The van der Waals surface area contributed by atoms with Crippen LogP contribution in [0.3, 0.4) is 0 Å². The summed E-state index contributed by atoms with van der Waals surface area (Å²) in [4.78, 5) is 86.8. The molecule has 8 rings (SSSR count). The van der Waals surface area contributed by atoms with Gasteiger partial charge in [-0.15, -0.1) is 11.3 Å². The van der Waals surface area contributed by atoms with Gasteiger partial charge in [0.15, 0.2) is 23.3 Å². The lowest BCUT2D eigenvalue weighted by atomic mass is 10.0. The van der Waals surface area contributed by atoms with Crippen molar-refractivity contribution in [2.75, 3.05) is 62.2 Å². The van der Waals surface area contributed by atoms with Gasteiger partial charge in [0.05, 0.1) is 34.7 Å². The summed E-state index contributed by atoms with van der Waals surface area (Å²) < 4.78 is 55.9. The third-order valence-electron chi connectivity index (χ3n) is 11.6. The van der Waals surface area contributed by atoms with Crippen LogP contribution in [0.1, 0.15) is 78.5 Å². The fourth-order valence-electron chi connectivity index (χ4n) is 8.43. The van der Waals surface area contributed by atoms with Crippen molar-refractivity contribution in [2.24, 2.45) is 0 Å². The number of nitrogens with one attached hydrogen (secondary N) is 2. The largest absolute Gasteiger partial charge is 0.480 e. The Labute approximate surface area is 347 Å². The number of rotatable bonds is 14. The van der Waals surface area contributed by atoms with Crippen molar-refractivity contribution < 1.29 is 51.4 Å². The molecule has 6 amide bonds. The van der Waals surface area contributed by atoms with E-state index in [0.717, 1.165) is 60.9 Å². The number of thiazole rings is 1. The lowest BCUT2D eigenvalue weighted by Gasteiger charge is -2.36. The van der Waals surface area contributed by atoms with E-state index in [9.17, 15) is 37.5 Å². The number of hydrogen-bond donors (Lipinski definition) is 2. The minimum atomic E-state index is -1.19. The van der Waals surface area contributed by atoms with E-state index in [1.54, 1.807) is 15.2 Å². The van der Waals surface area contributed by atoms with Crippen LogP contribution in [0.4, 0.5) is 24.0 Å². The number of hydrogen-bond acceptors (Lipinski definition) is 12. The van der Waals surface area contributed by atoms with Crippen molar-refractivity contribution in [3.8, 4) is 17.0 Å². The van der Waals surface area contributed by atoms with Gasteiger partial charge < -0.3 is 29.5 Å². The molecule has 3 atom stereocenters. The van der Waals surface area contributed by atoms with Crippen LogP contribution in [0.25, 0.3) is 11.3 Å². The number of piperidine rings is 1. The third-order valence-corrected chi connectivity index (χ3v) is 12.5. The highest BCUT2D eigenvalue weighted by Gasteiger charge is 2.45. The smallest absolute Gasteiger partial charge is 0.262 e. The van der Waals surface area contributed by atoms with E-state index in [-0.39, 0.29) is 59.1 Å². The number of ether oxygens (including phenoxy) is 2. The van der Waals surface area contributed by atoms with E-state index in [1.807, 2.05) is 0 Å². The Morgan fingerprint density at radius 2 is 1.58 bits per heavy atom. The molecule has 4 fully saturated rings. The molecule has 15 nitrogen and oxygen atoms in total. The zero-order chi connectivity index (χ0) is 42.1. The van der Waals surface area contributed by atoms with E-state index in [0.29, 0.717) is 57.7 Å². The highest BCUT2D eigenvalue weighted by molar-refractivity contribution is 7.14. The average molecular weight is 852 g/mol. The first-order chi connectivity index (χ1) is 28.9. The van der Waals surface area contributed by atoms with Crippen molar-refractivity contribution in [3.05, 3.63) is 58.2 Å². The fourth-order valence-corrected chi connectivity index (χ4v) is 9.27. The number of benzene rings is 2. The Kier molecular flexibility index (Phi) is 12.1. The van der Waals surface area contributed by atoms with Gasteiger partial charge in [-0.05, 0) is 56.4 Å². The van der Waals surface area contributed by atoms with Crippen LogP contribution >= 0.6 is 11.3 Å². The molecule has 2 aromatic carbocycles. The number of nitrogens with zero attached hydrogens (tertiary/aromatic N) is 5. The van der Waals surface area contributed by atoms with Crippen molar-refractivity contribution in [1.82, 2.24) is 25.4 Å². The number of amides is 6. The number of fused-ring (bicyclic) bond motifs is 3. The molecule has 0 spiro atoms. The minimum absolute atomic E-state index is 0.00565. The third kappa shape index (κ3) is 8.54. The number of morpholine rings is 1. The monoisotopic (exact) mass is 851 g/mol. The molecule has 0 aliphatic carbocycles. The molecule has 0 saturated carbocycles. The number of aromatic nitrogens is 1. The molecule has 2 bridgehead atoms. The molecule has 4 saturated heterocycles. The van der Waals surface area contributed by atoms with Gasteiger partial charge in [0.2, 0.25) is 23.5 Å². The molecule has 0 radical (unpaired) electrons. The molecule has 19 heteroatoms. The van der Waals surface area contributed by atoms with Gasteiger partial charge in [-0.25, -0.2) is 13.8 Å². The second kappa shape index (κ2) is 17.6. The van der Waals surface area contributed by atoms with Crippen LogP contribution in [0, 0.1) is 17.5 Å². The van der Waals surface area contributed by atoms with Gasteiger partial charge >= 0.3 is 0 Å². The Morgan fingerprint density at radius 1 is 0.867 bits per heavy atom. The van der Waals surface area contributed by atoms with Gasteiger partial charge in [0.25, 0.3) is 17.7 Å². The minimum Gasteiger partial charge on any atom is -0.480 e. The molecule has 3 unspecified atom stereocenters. The highest BCUT2D eigenvalue weighted by atomic mass is 32.1. The van der Waals surface area contributed by atoms with Crippen molar-refractivity contribution >= 4 is 57.6 Å². The van der Waals surface area contributed by atoms with Crippen molar-refractivity contribution in [2.45, 2.75) is 76.0 Å². The predicted octanol–water partition coefficient (Wildman–Crippen LogP) is 3.79. The maximum Gasteiger partial charge on any atom is 0.262 e. The second-order valence-electron chi connectivity index (χ2n) is 15.6. The standard InChI is InChI=1S/C41H44F3N7O8S/c42-28-9-8-25(30-22-60-41(46-30)50-19-23-6-7-24(20-50)59-23)37(36(28)44)58-21-34(53)45-12-4-2-1-3-5-35(54)49-15-13-48(14-16-49)32-18-27-26(17-29(32)43)39(56)51(40(27)57)31-10-11-33(52)47-38(31)55/h8-9,17-18,22-24,31H,1-7,10-16,19-21H2,(H,45,53)(H,47,52,55). The van der Waals surface area contributed by atoms with Crippen LogP contribution < -0.4 is 25.2 Å². The first kappa shape index (κ1) is 41.2. The SMILES string of the molecule is O=C(COc1c(-c2csc(N3CC4CCC(C3)O4)n2)ccc(F)c1F)NCCCCCCC(=O)N1CCN(c2cc3c(cc2F)C(=O)N(C2CCC(=O)NC2=O)C3=O)CC1. The number of halogens is 3. The molecule has 60 heavy (non-hydrogen) atoms. The molecule has 2 N–H and O–H groups in total. The van der Waals surface area contributed by atoms with E-state index in [1.165, 1.54) is 23.5 Å². The maximum absolute atomic E-state index is 15.3. The molecule has 6 heterocycles. The molecular formula is C41H44F3N7O8S. The Hall–Kier alpha value is -5.56. The molecule has 5 aliphatic heterocycles. The van der Waals surface area contributed by atoms with E-state index in [4.69, 9.17) is 9.47 Å². The fraction of sp³-hybridized carbons (Fsp3) is 0.488. The van der Waals surface area contributed by atoms with E-state index >= 15 is 4.39 Å². The summed E-state index contributed by atoms with van der Waals surface area (Å²) in [6, 6.07) is 3.57. The lowest BCUT2D eigenvalue weighted by Crippen LogP contribution is -2.54. The Morgan fingerprint density at radius 3 is 2.32 bits per heavy atom. The zero-order valence-electron chi connectivity index (χ0n) is 32.7. The van der Waals surface area contributed by atoms with Crippen molar-refractivity contribution in [3.63, 3.8) is 0 Å². The normalized spacial score (nSPS) is 21.4.